The summed E-state index contributed by atoms with van der Waals surface area (Å²) in [5.41, 5.74) is 0.632. The largest absolute Gasteiger partial charge is 0.484 e. The van der Waals surface area contributed by atoms with Crippen molar-refractivity contribution in [3.8, 4) is 17.1 Å². The molecule has 2 aliphatic heterocycles. The molecule has 1 atom stereocenters. The Morgan fingerprint density at radius 1 is 1.00 bits per heavy atom. The number of para-hydroxylation sites is 1. The first-order valence-electron chi connectivity index (χ1n) is 12.0. The number of ether oxygens (including phenoxy) is 2. The molecule has 5 rings (SSSR count). The zero-order chi connectivity index (χ0) is 25.0. The molecular weight excluding hydrogens is 484 g/mol. The molecule has 1 unspecified atom stereocenters. The van der Waals surface area contributed by atoms with Gasteiger partial charge in [0.2, 0.25) is 21.7 Å². The quantitative estimate of drug-likeness (QED) is 0.475. The number of benzene rings is 2. The molecule has 1 amide bonds. The number of likely N-dealkylation sites (tertiary alicyclic amines) is 1. The molecule has 3 heterocycles. The summed E-state index contributed by atoms with van der Waals surface area (Å²) in [6.07, 6.45) is 2.56. The van der Waals surface area contributed by atoms with E-state index >= 15 is 0 Å². The number of amides is 1. The fraction of sp³-hybridized carbons (Fsp3) is 0.400. The molecule has 36 heavy (non-hydrogen) atoms. The Morgan fingerprint density at radius 2 is 1.75 bits per heavy atom. The van der Waals surface area contributed by atoms with Crippen LogP contribution in [0.2, 0.25) is 0 Å². The molecule has 2 saturated heterocycles. The van der Waals surface area contributed by atoms with Gasteiger partial charge in [-0.3, -0.25) is 4.79 Å². The van der Waals surface area contributed by atoms with Crippen molar-refractivity contribution in [3.63, 3.8) is 0 Å². The van der Waals surface area contributed by atoms with Gasteiger partial charge in [0.05, 0.1) is 18.1 Å². The van der Waals surface area contributed by atoms with Crippen LogP contribution in [0.15, 0.2) is 64.0 Å². The zero-order valence-electron chi connectivity index (χ0n) is 19.8. The lowest BCUT2D eigenvalue weighted by atomic mass is 10.0. The molecule has 0 saturated carbocycles. The maximum atomic E-state index is 12.9. The summed E-state index contributed by atoms with van der Waals surface area (Å²) in [4.78, 5) is 19.4. The number of nitrogens with zero attached hydrogens (tertiary/aromatic N) is 4. The van der Waals surface area contributed by atoms with Crippen LogP contribution in [-0.4, -0.2) is 73.1 Å². The number of hydrogen-bond acceptors (Lipinski definition) is 8. The summed E-state index contributed by atoms with van der Waals surface area (Å²) in [7, 11) is -3.58. The number of carbonyl (C=O) groups excluding carboxylic acids is 1. The average Bonchev–Trinajstić information content (AvgIpc) is 3.43. The molecule has 2 aliphatic rings. The van der Waals surface area contributed by atoms with Crippen LogP contribution in [0.3, 0.4) is 0 Å². The molecule has 0 radical (unpaired) electrons. The van der Waals surface area contributed by atoms with Crippen molar-refractivity contribution < 1.29 is 27.2 Å². The zero-order valence-corrected chi connectivity index (χ0v) is 20.6. The first kappa shape index (κ1) is 24.4. The van der Waals surface area contributed by atoms with Crippen LogP contribution >= 0.6 is 0 Å². The third-order valence-electron chi connectivity index (χ3n) is 6.38. The van der Waals surface area contributed by atoms with E-state index in [2.05, 4.69) is 10.1 Å². The first-order valence-corrected chi connectivity index (χ1v) is 13.5. The highest BCUT2D eigenvalue weighted by atomic mass is 32.2. The van der Waals surface area contributed by atoms with Gasteiger partial charge < -0.3 is 18.9 Å². The van der Waals surface area contributed by atoms with Gasteiger partial charge in [0.1, 0.15) is 11.8 Å². The lowest BCUT2D eigenvalue weighted by molar-refractivity contribution is -0.138. The Labute approximate surface area is 209 Å². The SMILES string of the molecule is O=C(COc1ccccc1)N1CCCCC1c1nc(-c2ccc(S(=O)(=O)N3CCOCC3)cc2)no1. The van der Waals surface area contributed by atoms with Gasteiger partial charge in [-0.05, 0) is 55.7 Å². The molecule has 2 aromatic carbocycles. The number of morpholine rings is 1. The summed E-state index contributed by atoms with van der Waals surface area (Å²) >= 11 is 0. The van der Waals surface area contributed by atoms with E-state index in [1.54, 1.807) is 29.2 Å². The minimum Gasteiger partial charge on any atom is -0.484 e. The smallest absolute Gasteiger partial charge is 0.261 e. The second-order valence-corrected chi connectivity index (χ2v) is 10.6. The Morgan fingerprint density at radius 3 is 2.50 bits per heavy atom. The van der Waals surface area contributed by atoms with Crippen molar-refractivity contribution in [3.05, 3.63) is 60.5 Å². The number of rotatable bonds is 7. The summed E-state index contributed by atoms with van der Waals surface area (Å²) in [6.45, 7) is 1.98. The van der Waals surface area contributed by atoms with E-state index < -0.39 is 10.0 Å². The fourth-order valence-corrected chi connectivity index (χ4v) is 5.84. The average molecular weight is 513 g/mol. The fourth-order valence-electron chi connectivity index (χ4n) is 4.43. The van der Waals surface area contributed by atoms with Gasteiger partial charge in [-0.15, -0.1) is 0 Å². The lowest BCUT2D eigenvalue weighted by Crippen LogP contribution is -2.41. The number of sulfonamides is 1. The standard InChI is InChI=1S/C25H28N4O6S/c30-23(18-34-20-6-2-1-3-7-20)29-13-5-4-8-22(29)25-26-24(27-35-25)19-9-11-21(12-10-19)36(31,32)28-14-16-33-17-15-28/h1-3,6-7,9-12,22H,4-5,8,13-18H2. The topological polar surface area (TPSA) is 115 Å². The molecule has 3 aromatic rings. The minimum atomic E-state index is -3.58. The molecule has 11 heteroatoms. The van der Waals surface area contributed by atoms with E-state index in [1.807, 2.05) is 30.3 Å². The summed E-state index contributed by atoms with van der Waals surface area (Å²) in [5, 5.41) is 4.10. The van der Waals surface area contributed by atoms with E-state index in [0.717, 1.165) is 19.3 Å². The van der Waals surface area contributed by atoms with Gasteiger partial charge in [0, 0.05) is 25.2 Å². The third-order valence-corrected chi connectivity index (χ3v) is 8.29. The van der Waals surface area contributed by atoms with Crippen molar-refractivity contribution in [2.75, 3.05) is 39.5 Å². The monoisotopic (exact) mass is 512 g/mol. The second-order valence-electron chi connectivity index (χ2n) is 8.70. The van der Waals surface area contributed by atoms with Crippen LogP contribution in [0.1, 0.15) is 31.2 Å². The van der Waals surface area contributed by atoms with Gasteiger partial charge in [0.15, 0.2) is 6.61 Å². The molecule has 10 nitrogen and oxygen atoms in total. The number of aromatic nitrogens is 2. The molecule has 1 aromatic heterocycles. The first-order chi connectivity index (χ1) is 17.5. The van der Waals surface area contributed by atoms with E-state index in [0.29, 0.717) is 55.9 Å². The molecule has 0 spiro atoms. The van der Waals surface area contributed by atoms with Crippen LogP contribution in [0.25, 0.3) is 11.4 Å². The second kappa shape index (κ2) is 10.8. The van der Waals surface area contributed by atoms with E-state index in [1.165, 1.54) is 4.31 Å². The van der Waals surface area contributed by atoms with Crippen molar-refractivity contribution in [2.45, 2.75) is 30.2 Å². The highest BCUT2D eigenvalue weighted by Gasteiger charge is 2.32. The number of carbonyl (C=O) groups is 1. The molecule has 0 bridgehead atoms. The number of hydrogen-bond donors (Lipinski definition) is 0. The van der Waals surface area contributed by atoms with Gasteiger partial charge in [-0.1, -0.05) is 23.4 Å². The third kappa shape index (κ3) is 5.28. The molecular formula is C25H28N4O6S. The van der Waals surface area contributed by atoms with Gasteiger partial charge in [-0.2, -0.15) is 9.29 Å². The van der Waals surface area contributed by atoms with Crippen LogP contribution < -0.4 is 4.74 Å². The van der Waals surface area contributed by atoms with Crippen molar-refractivity contribution in [1.29, 1.82) is 0 Å². The van der Waals surface area contributed by atoms with Gasteiger partial charge >= 0.3 is 0 Å². The maximum absolute atomic E-state index is 12.9. The predicted octanol–water partition coefficient (Wildman–Crippen LogP) is 2.89. The Bertz CT molecular complexity index is 1270. The Hall–Kier alpha value is -3.28. The van der Waals surface area contributed by atoms with Gasteiger partial charge in [-0.25, -0.2) is 8.42 Å². The minimum absolute atomic E-state index is 0.0689. The molecule has 0 aliphatic carbocycles. The van der Waals surface area contributed by atoms with E-state index in [9.17, 15) is 13.2 Å². The molecule has 0 N–H and O–H groups in total. The molecule has 2 fully saturated rings. The Kier molecular flexibility index (Phi) is 7.30. The Balaban J connectivity index is 1.28. The molecule has 190 valence electrons. The van der Waals surface area contributed by atoms with E-state index in [-0.39, 0.29) is 23.5 Å². The van der Waals surface area contributed by atoms with Crippen molar-refractivity contribution >= 4 is 15.9 Å². The maximum Gasteiger partial charge on any atom is 0.261 e. The predicted molar refractivity (Wildman–Crippen MR) is 130 cm³/mol. The summed E-state index contributed by atoms with van der Waals surface area (Å²) in [6, 6.07) is 15.3. The van der Waals surface area contributed by atoms with Crippen LogP contribution in [0.4, 0.5) is 0 Å². The highest BCUT2D eigenvalue weighted by molar-refractivity contribution is 7.89. The van der Waals surface area contributed by atoms with Crippen LogP contribution in [0.5, 0.6) is 5.75 Å². The lowest BCUT2D eigenvalue weighted by Gasteiger charge is -2.33. The number of piperidine rings is 1. The summed E-state index contributed by atoms with van der Waals surface area (Å²) in [5.74, 6) is 1.21. The van der Waals surface area contributed by atoms with Crippen molar-refractivity contribution in [1.82, 2.24) is 19.3 Å². The normalized spacial score (nSPS) is 19.2. The van der Waals surface area contributed by atoms with Gasteiger partial charge in [0.25, 0.3) is 5.91 Å². The highest BCUT2D eigenvalue weighted by Crippen LogP contribution is 2.31. The van der Waals surface area contributed by atoms with Crippen molar-refractivity contribution in [2.24, 2.45) is 0 Å². The van der Waals surface area contributed by atoms with E-state index in [4.69, 9.17) is 14.0 Å². The summed E-state index contributed by atoms with van der Waals surface area (Å²) < 4.78 is 43.6. The van der Waals surface area contributed by atoms with Crippen LogP contribution in [0, 0.1) is 0 Å². The van der Waals surface area contributed by atoms with Crippen LogP contribution in [-0.2, 0) is 19.6 Å².